The average molecular weight is 377 g/mol. The van der Waals surface area contributed by atoms with Gasteiger partial charge >= 0.3 is 6.03 Å². The first kappa shape index (κ1) is 17.3. The van der Waals surface area contributed by atoms with E-state index in [2.05, 4.69) is 33.5 Å². The standard InChI is InChI=1S/C18H21BrN2O2/c1-3-14-4-7-16(8-5-14)23-11-10-20-18(22)21-17-9-6-15(19)12-13(17)2/h4-9,12H,3,10-11H2,1-2H3,(H2,20,21,22). The van der Waals surface area contributed by atoms with Gasteiger partial charge in [0.05, 0.1) is 6.54 Å². The van der Waals surface area contributed by atoms with Gasteiger partial charge in [-0.25, -0.2) is 4.79 Å². The van der Waals surface area contributed by atoms with E-state index in [-0.39, 0.29) is 6.03 Å². The maximum absolute atomic E-state index is 11.9. The van der Waals surface area contributed by atoms with Gasteiger partial charge in [-0.3, -0.25) is 0 Å². The number of benzene rings is 2. The van der Waals surface area contributed by atoms with Crippen molar-refractivity contribution < 1.29 is 9.53 Å². The number of urea groups is 1. The number of rotatable bonds is 6. The normalized spacial score (nSPS) is 10.2. The minimum atomic E-state index is -0.236. The number of ether oxygens (including phenoxy) is 1. The van der Waals surface area contributed by atoms with Crippen LogP contribution in [0.5, 0.6) is 5.75 Å². The second-order valence-corrected chi connectivity index (χ2v) is 6.10. The Balaban J connectivity index is 1.72. The van der Waals surface area contributed by atoms with E-state index in [0.29, 0.717) is 13.2 Å². The first-order valence-electron chi connectivity index (χ1n) is 7.61. The fourth-order valence-electron chi connectivity index (χ4n) is 2.09. The zero-order chi connectivity index (χ0) is 16.7. The van der Waals surface area contributed by atoms with Gasteiger partial charge in [-0.2, -0.15) is 0 Å². The van der Waals surface area contributed by atoms with Crippen LogP contribution in [0.4, 0.5) is 10.5 Å². The van der Waals surface area contributed by atoms with Crippen LogP contribution >= 0.6 is 15.9 Å². The summed E-state index contributed by atoms with van der Waals surface area (Å²) in [7, 11) is 0. The van der Waals surface area contributed by atoms with Crippen LogP contribution in [0, 0.1) is 6.92 Å². The molecule has 0 unspecified atom stereocenters. The van der Waals surface area contributed by atoms with E-state index in [4.69, 9.17) is 4.74 Å². The maximum Gasteiger partial charge on any atom is 0.319 e. The molecule has 0 heterocycles. The second-order valence-electron chi connectivity index (χ2n) is 5.19. The van der Waals surface area contributed by atoms with Crippen molar-refractivity contribution in [3.63, 3.8) is 0 Å². The molecule has 23 heavy (non-hydrogen) atoms. The molecule has 0 atom stereocenters. The van der Waals surface area contributed by atoms with E-state index >= 15 is 0 Å². The smallest absolute Gasteiger partial charge is 0.319 e. The Kier molecular flexibility index (Phi) is 6.47. The molecule has 0 saturated carbocycles. The third kappa shape index (κ3) is 5.60. The zero-order valence-electron chi connectivity index (χ0n) is 13.4. The van der Waals surface area contributed by atoms with Crippen LogP contribution < -0.4 is 15.4 Å². The van der Waals surface area contributed by atoms with Crippen LogP contribution in [-0.4, -0.2) is 19.2 Å². The number of hydrogen-bond donors (Lipinski definition) is 2. The molecular weight excluding hydrogens is 356 g/mol. The van der Waals surface area contributed by atoms with E-state index in [1.807, 2.05) is 49.4 Å². The summed E-state index contributed by atoms with van der Waals surface area (Å²) >= 11 is 3.40. The summed E-state index contributed by atoms with van der Waals surface area (Å²) in [6.07, 6.45) is 1.01. The lowest BCUT2D eigenvalue weighted by Crippen LogP contribution is -2.32. The van der Waals surface area contributed by atoms with Crippen LogP contribution in [0.15, 0.2) is 46.9 Å². The van der Waals surface area contributed by atoms with Gasteiger partial charge in [0.2, 0.25) is 0 Å². The van der Waals surface area contributed by atoms with Crippen LogP contribution in [0.2, 0.25) is 0 Å². The monoisotopic (exact) mass is 376 g/mol. The minimum Gasteiger partial charge on any atom is -0.492 e. The number of hydrogen-bond acceptors (Lipinski definition) is 2. The van der Waals surface area contributed by atoms with Crippen LogP contribution in [-0.2, 0) is 6.42 Å². The number of anilines is 1. The zero-order valence-corrected chi connectivity index (χ0v) is 14.9. The lowest BCUT2D eigenvalue weighted by molar-refractivity contribution is 0.247. The number of carbonyl (C=O) groups is 1. The van der Waals surface area contributed by atoms with Crippen LogP contribution in [0.3, 0.4) is 0 Å². The van der Waals surface area contributed by atoms with Gasteiger partial charge in [-0.1, -0.05) is 35.0 Å². The van der Waals surface area contributed by atoms with Crippen molar-refractivity contribution in [3.05, 3.63) is 58.1 Å². The molecule has 2 aromatic carbocycles. The summed E-state index contributed by atoms with van der Waals surface area (Å²) < 4.78 is 6.59. The molecule has 0 fully saturated rings. The molecule has 2 rings (SSSR count). The maximum atomic E-state index is 11.9. The molecule has 2 N–H and O–H groups in total. The lowest BCUT2D eigenvalue weighted by atomic mass is 10.2. The molecule has 2 amide bonds. The topological polar surface area (TPSA) is 50.4 Å². The Morgan fingerprint density at radius 1 is 1.17 bits per heavy atom. The van der Waals surface area contributed by atoms with Crippen LogP contribution in [0.25, 0.3) is 0 Å². The Morgan fingerprint density at radius 3 is 2.57 bits per heavy atom. The quantitative estimate of drug-likeness (QED) is 0.728. The van der Waals surface area contributed by atoms with Crippen LogP contribution in [0.1, 0.15) is 18.1 Å². The molecule has 0 spiro atoms. The second kappa shape index (κ2) is 8.58. The van der Waals surface area contributed by atoms with Crippen molar-refractivity contribution in [2.24, 2.45) is 0 Å². The molecule has 122 valence electrons. The number of aryl methyl sites for hydroxylation is 2. The summed E-state index contributed by atoms with van der Waals surface area (Å²) in [5.74, 6) is 0.813. The molecule has 0 radical (unpaired) electrons. The van der Waals surface area contributed by atoms with Gasteiger partial charge < -0.3 is 15.4 Å². The van der Waals surface area contributed by atoms with Gasteiger partial charge in [0, 0.05) is 10.2 Å². The van der Waals surface area contributed by atoms with E-state index in [0.717, 1.165) is 27.9 Å². The van der Waals surface area contributed by atoms with Crippen molar-refractivity contribution in [3.8, 4) is 5.75 Å². The van der Waals surface area contributed by atoms with Crippen molar-refractivity contribution in [1.82, 2.24) is 5.32 Å². The molecule has 0 saturated heterocycles. The Bertz CT molecular complexity index is 657. The summed E-state index contributed by atoms with van der Waals surface area (Å²) in [5.41, 5.74) is 3.07. The van der Waals surface area contributed by atoms with Gasteiger partial charge in [0.1, 0.15) is 12.4 Å². The van der Waals surface area contributed by atoms with E-state index in [1.165, 1.54) is 5.56 Å². The summed E-state index contributed by atoms with van der Waals surface area (Å²) in [5, 5.41) is 5.60. The lowest BCUT2D eigenvalue weighted by Gasteiger charge is -2.11. The van der Waals surface area contributed by atoms with Gasteiger partial charge in [0.15, 0.2) is 0 Å². The third-order valence-corrected chi connectivity index (χ3v) is 3.92. The van der Waals surface area contributed by atoms with Gasteiger partial charge in [-0.15, -0.1) is 0 Å². The Hall–Kier alpha value is -2.01. The number of carbonyl (C=O) groups excluding carboxylic acids is 1. The molecular formula is C18H21BrN2O2. The third-order valence-electron chi connectivity index (χ3n) is 3.42. The molecule has 0 aliphatic rings. The summed E-state index contributed by atoms with van der Waals surface area (Å²) in [6.45, 7) is 4.93. The largest absolute Gasteiger partial charge is 0.492 e. The van der Waals surface area contributed by atoms with Crippen molar-refractivity contribution in [2.75, 3.05) is 18.5 Å². The molecule has 4 nitrogen and oxygen atoms in total. The predicted molar refractivity (Wildman–Crippen MR) is 97.2 cm³/mol. The summed E-state index contributed by atoms with van der Waals surface area (Å²) in [4.78, 5) is 11.9. The van der Waals surface area contributed by atoms with E-state index in [1.54, 1.807) is 0 Å². The van der Waals surface area contributed by atoms with Crippen molar-refractivity contribution in [2.45, 2.75) is 20.3 Å². The van der Waals surface area contributed by atoms with Crippen molar-refractivity contribution >= 4 is 27.6 Å². The van der Waals surface area contributed by atoms with Crippen molar-refractivity contribution in [1.29, 1.82) is 0 Å². The molecule has 0 aliphatic heterocycles. The summed E-state index contributed by atoms with van der Waals surface area (Å²) in [6, 6.07) is 13.5. The van der Waals surface area contributed by atoms with Gasteiger partial charge in [-0.05, 0) is 54.8 Å². The molecule has 2 aromatic rings. The fraction of sp³-hybridized carbons (Fsp3) is 0.278. The highest BCUT2D eigenvalue weighted by Gasteiger charge is 2.04. The van der Waals surface area contributed by atoms with E-state index in [9.17, 15) is 4.79 Å². The number of halogens is 1. The van der Waals surface area contributed by atoms with E-state index < -0.39 is 0 Å². The first-order chi connectivity index (χ1) is 11.1. The average Bonchev–Trinajstić information content (AvgIpc) is 2.55. The number of amides is 2. The predicted octanol–water partition coefficient (Wildman–Crippen LogP) is 4.52. The first-order valence-corrected chi connectivity index (χ1v) is 8.40. The highest BCUT2D eigenvalue weighted by molar-refractivity contribution is 9.10. The molecule has 0 bridgehead atoms. The Labute approximate surface area is 145 Å². The highest BCUT2D eigenvalue weighted by Crippen LogP contribution is 2.19. The van der Waals surface area contributed by atoms with Gasteiger partial charge in [0.25, 0.3) is 0 Å². The highest BCUT2D eigenvalue weighted by atomic mass is 79.9. The molecule has 5 heteroatoms. The molecule has 0 aromatic heterocycles. The SMILES string of the molecule is CCc1ccc(OCCNC(=O)Nc2ccc(Br)cc2C)cc1. The number of nitrogens with one attached hydrogen (secondary N) is 2. The molecule has 0 aliphatic carbocycles. The Morgan fingerprint density at radius 2 is 1.91 bits per heavy atom. The fourth-order valence-corrected chi connectivity index (χ4v) is 2.56. The minimum absolute atomic E-state index is 0.236.